The molecule has 1 N–H and O–H groups in total. The summed E-state index contributed by atoms with van der Waals surface area (Å²) in [5.74, 6) is 0.208. The van der Waals surface area contributed by atoms with E-state index in [1.807, 2.05) is 0 Å². The van der Waals surface area contributed by atoms with Crippen LogP contribution in [0, 0.1) is 0 Å². The second-order valence-corrected chi connectivity index (χ2v) is 4.49. The normalized spacial score (nSPS) is 11.1. The highest BCUT2D eigenvalue weighted by Gasteiger charge is 2.11. The van der Waals surface area contributed by atoms with Crippen LogP contribution < -0.4 is 10.4 Å². The maximum absolute atomic E-state index is 11.9. The lowest BCUT2D eigenvalue weighted by molar-refractivity contribution is 0.318. The third kappa shape index (κ3) is 2.54. The van der Waals surface area contributed by atoms with E-state index >= 15 is 0 Å². The van der Waals surface area contributed by atoms with E-state index in [2.05, 4.69) is 10.2 Å². The van der Waals surface area contributed by atoms with E-state index in [1.54, 1.807) is 55.6 Å². The van der Waals surface area contributed by atoms with Gasteiger partial charge in [0.1, 0.15) is 5.75 Å². The Labute approximate surface area is 125 Å². The van der Waals surface area contributed by atoms with Crippen LogP contribution in [-0.2, 0) is 0 Å². The minimum absolute atomic E-state index is 0.0382. The number of rotatable bonds is 3. The maximum atomic E-state index is 11.9. The molecular formula is C16H12N2O4. The van der Waals surface area contributed by atoms with Gasteiger partial charge >= 0.3 is 5.63 Å². The van der Waals surface area contributed by atoms with Crippen LogP contribution in [0.15, 0.2) is 68.0 Å². The zero-order valence-electron chi connectivity index (χ0n) is 11.7. The van der Waals surface area contributed by atoms with Crippen LogP contribution >= 0.6 is 0 Å². The molecule has 0 aliphatic rings. The second kappa shape index (κ2) is 5.69. The first-order valence-electron chi connectivity index (χ1n) is 6.49. The van der Waals surface area contributed by atoms with Gasteiger partial charge in [-0.25, -0.2) is 4.79 Å². The molecule has 0 aliphatic carbocycles. The Morgan fingerprint density at radius 1 is 1.05 bits per heavy atom. The van der Waals surface area contributed by atoms with Crippen LogP contribution in [0.1, 0.15) is 0 Å². The van der Waals surface area contributed by atoms with Crippen molar-refractivity contribution in [3.63, 3.8) is 0 Å². The van der Waals surface area contributed by atoms with Crippen LogP contribution in [0.4, 0.5) is 11.4 Å². The van der Waals surface area contributed by atoms with Crippen molar-refractivity contribution in [2.45, 2.75) is 0 Å². The van der Waals surface area contributed by atoms with Gasteiger partial charge in [0.2, 0.25) is 0 Å². The number of aromatic hydroxyl groups is 1. The van der Waals surface area contributed by atoms with E-state index in [1.165, 1.54) is 0 Å². The van der Waals surface area contributed by atoms with Gasteiger partial charge in [-0.05, 0) is 18.2 Å². The molecule has 1 aromatic heterocycles. The summed E-state index contributed by atoms with van der Waals surface area (Å²) in [6, 6.07) is 13.7. The Morgan fingerprint density at radius 2 is 1.82 bits per heavy atom. The smallest absolute Gasteiger partial charge is 0.367 e. The summed E-state index contributed by atoms with van der Waals surface area (Å²) in [5.41, 5.74) is -0.171. The van der Waals surface area contributed by atoms with Crippen LogP contribution in [0.25, 0.3) is 10.8 Å². The van der Waals surface area contributed by atoms with Crippen molar-refractivity contribution >= 4 is 22.1 Å². The van der Waals surface area contributed by atoms with Crippen molar-refractivity contribution in [1.29, 1.82) is 0 Å². The van der Waals surface area contributed by atoms with Gasteiger partial charge in [0.25, 0.3) is 5.95 Å². The number of fused-ring (bicyclic) bond motifs is 1. The van der Waals surface area contributed by atoms with E-state index in [-0.39, 0.29) is 5.69 Å². The molecule has 0 aliphatic heterocycles. The fourth-order valence-corrected chi connectivity index (χ4v) is 2.05. The van der Waals surface area contributed by atoms with Crippen molar-refractivity contribution in [2.24, 2.45) is 10.2 Å². The minimum atomic E-state index is -0.747. The highest BCUT2D eigenvalue weighted by Crippen LogP contribution is 2.30. The Bertz CT molecular complexity index is 915. The molecule has 0 bridgehead atoms. The second-order valence-electron chi connectivity index (χ2n) is 4.49. The van der Waals surface area contributed by atoms with Crippen molar-refractivity contribution in [2.75, 3.05) is 7.11 Å². The average Bonchev–Trinajstić information content (AvgIpc) is 2.55. The number of benzene rings is 2. The molecular weight excluding hydrogens is 284 g/mol. The van der Waals surface area contributed by atoms with Crippen molar-refractivity contribution in [1.82, 2.24) is 0 Å². The first-order valence-corrected chi connectivity index (χ1v) is 6.49. The predicted octanol–water partition coefficient (Wildman–Crippen LogP) is 3.92. The highest BCUT2D eigenvalue weighted by atomic mass is 16.5. The lowest BCUT2D eigenvalue weighted by Gasteiger charge is -2.02. The fraction of sp³-hybridized carbons (Fsp3) is 0.0625. The van der Waals surface area contributed by atoms with Crippen LogP contribution in [0.2, 0.25) is 0 Å². The van der Waals surface area contributed by atoms with Gasteiger partial charge in [-0.2, -0.15) is 5.11 Å². The molecule has 0 atom stereocenters. The lowest BCUT2D eigenvalue weighted by Crippen LogP contribution is -1.98. The van der Waals surface area contributed by atoms with E-state index in [9.17, 15) is 9.90 Å². The first-order chi connectivity index (χ1) is 10.7. The van der Waals surface area contributed by atoms with Crippen molar-refractivity contribution in [3.05, 3.63) is 59.0 Å². The monoisotopic (exact) mass is 296 g/mol. The summed E-state index contributed by atoms with van der Waals surface area (Å²) in [7, 11) is 1.55. The van der Waals surface area contributed by atoms with E-state index < -0.39 is 11.6 Å². The molecule has 22 heavy (non-hydrogen) atoms. The SMILES string of the molecule is COc1cccc(N=Nc2c(=O)oc(O)c3ccccc23)c1. The Kier molecular flexibility index (Phi) is 3.57. The number of nitrogens with zero attached hydrogens (tertiary/aromatic N) is 2. The molecule has 0 saturated carbocycles. The van der Waals surface area contributed by atoms with Crippen LogP contribution in [0.3, 0.4) is 0 Å². The lowest BCUT2D eigenvalue weighted by atomic mass is 10.1. The molecule has 6 nitrogen and oxygen atoms in total. The molecule has 0 radical (unpaired) electrons. The summed E-state index contributed by atoms with van der Waals surface area (Å²) in [5, 5.41) is 18.6. The number of hydrogen-bond donors (Lipinski definition) is 1. The van der Waals surface area contributed by atoms with Crippen LogP contribution in [0.5, 0.6) is 11.7 Å². The third-order valence-corrected chi connectivity index (χ3v) is 3.11. The summed E-state index contributed by atoms with van der Waals surface area (Å²) < 4.78 is 9.88. The number of hydrogen-bond acceptors (Lipinski definition) is 6. The zero-order valence-corrected chi connectivity index (χ0v) is 11.7. The third-order valence-electron chi connectivity index (χ3n) is 3.11. The molecule has 0 saturated heterocycles. The van der Waals surface area contributed by atoms with E-state index in [0.717, 1.165) is 0 Å². The molecule has 6 heteroatoms. The topological polar surface area (TPSA) is 84.4 Å². The zero-order chi connectivity index (χ0) is 15.5. The standard InChI is InChI=1S/C16H12N2O4/c1-21-11-6-4-5-10(9-11)17-18-14-12-7-2-3-8-13(12)15(19)22-16(14)20/h2-9,19H,1H3. The summed E-state index contributed by atoms with van der Waals surface area (Å²) in [6.07, 6.45) is 0. The molecule has 0 unspecified atom stereocenters. The van der Waals surface area contributed by atoms with Gasteiger partial charge in [-0.1, -0.05) is 24.3 Å². The van der Waals surface area contributed by atoms with E-state index in [0.29, 0.717) is 22.2 Å². The number of ether oxygens (including phenoxy) is 1. The van der Waals surface area contributed by atoms with E-state index in [4.69, 9.17) is 9.15 Å². The quantitative estimate of drug-likeness (QED) is 0.742. The minimum Gasteiger partial charge on any atom is -0.497 e. The van der Waals surface area contributed by atoms with Crippen molar-refractivity contribution in [3.8, 4) is 11.7 Å². The summed E-state index contributed by atoms with van der Waals surface area (Å²) in [4.78, 5) is 11.9. The van der Waals surface area contributed by atoms with Gasteiger partial charge in [0.15, 0.2) is 5.69 Å². The molecule has 0 spiro atoms. The van der Waals surface area contributed by atoms with Gasteiger partial charge in [-0.15, -0.1) is 5.11 Å². The largest absolute Gasteiger partial charge is 0.497 e. The van der Waals surface area contributed by atoms with Gasteiger partial charge < -0.3 is 14.3 Å². The summed E-state index contributed by atoms with van der Waals surface area (Å²) in [6.45, 7) is 0. The Hall–Kier alpha value is -3.15. The molecule has 1 heterocycles. The predicted molar refractivity (Wildman–Crippen MR) is 81.3 cm³/mol. The molecule has 2 aromatic carbocycles. The molecule has 3 rings (SSSR count). The Morgan fingerprint density at radius 3 is 2.59 bits per heavy atom. The molecule has 0 fully saturated rings. The maximum Gasteiger partial charge on any atom is 0.367 e. The fourth-order valence-electron chi connectivity index (χ4n) is 2.05. The van der Waals surface area contributed by atoms with Gasteiger partial charge in [0, 0.05) is 11.5 Å². The van der Waals surface area contributed by atoms with Gasteiger partial charge in [-0.3, -0.25) is 0 Å². The summed E-state index contributed by atoms with van der Waals surface area (Å²) >= 11 is 0. The first kappa shape index (κ1) is 13.8. The van der Waals surface area contributed by atoms with Crippen LogP contribution in [-0.4, -0.2) is 12.2 Å². The van der Waals surface area contributed by atoms with Gasteiger partial charge in [0.05, 0.1) is 18.2 Å². The molecule has 110 valence electrons. The molecule has 3 aromatic rings. The molecule has 0 amide bonds. The van der Waals surface area contributed by atoms with Crippen molar-refractivity contribution < 1.29 is 14.3 Å². The number of methoxy groups -OCH3 is 1. The Balaban J connectivity index is 2.10. The number of azo groups is 1. The average molecular weight is 296 g/mol. The highest BCUT2D eigenvalue weighted by molar-refractivity contribution is 5.94.